The first-order chi connectivity index (χ1) is 8.85. The number of nitrogens with two attached hydrogens (primary N) is 1. The van der Waals surface area contributed by atoms with Crippen LogP contribution in [0, 0.1) is 0 Å². The van der Waals surface area contributed by atoms with E-state index >= 15 is 0 Å². The van der Waals surface area contributed by atoms with Gasteiger partial charge in [0.25, 0.3) is 0 Å². The molecule has 1 atom stereocenters. The van der Waals surface area contributed by atoms with Gasteiger partial charge in [-0.05, 0) is 17.5 Å². The van der Waals surface area contributed by atoms with Gasteiger partial charge in [-0.3, -0.25) is 9.97 Å². The lowest BCUT2D eigenvalue weighted by atomic mass is 9.94. The third-order valence-corrected chi connectivity index (χ3v) is 3.10. The summed E-state index contributed by atoms with van der Waals surface area (Å²) in [7, 11) is 0. The Balaban J connectivity index is 2.23. The van der Waals surface area contributed by atoms with Crippen molar-refractivity contribution in [3.05, 3.63) is 59.7 Å². The van der Waals surface area contributed by atoms with Crippen LogP contribution in [0.15, 0.2) is 42.9 Å². The van der Waals surface area contributed by atoms with Crippen LogP contribution in [-0.4, -0.2) is 16.5 Å². The molecule has 0 fully saturated rings. The van der Waals surface area contributed by atoms with Crippen molar-refractivity contribution in [3.8, 4) is 0 Å². The quantitative estimate of drug-likeness (QED) is 0.875. The van der Waals surface area contributed by atoms with Crippen LogP contribution >= 0.6 is 0 Å². The summed E-state index contributed by atoms with van der Waals surface area (Å²) >= 11 is 0. The van der Waals surface area contributed by atoms with Crippen LogP contribution in [0.2, 0.25) is 0 Å². The lowest BCUT2D eigenvalue weighted by Gasteiger charge is -2.14. The second-order valence-electron chi connectivity index (χ2n) is 4.41. The second-order valence-corrected chi connectivity index (χ2v) is 4.41. The number of aromatic nitrogens is 2. The minimum atomic E-state index is 0.134. The Morgan fingerprint density at radius 1 is 1.17 bits per heavy atom. The molecule has 3 nitrogen and oxygen atoms in total. The van der Waals surface area contributed by atoms with E-state index in [-0.39, 0.29) is 5.92 Å². The molecule has 0 saturated carbocycles. The van der Waals surface area contributed by atoms with Crippen molar-refractivity contribution in [2.24, 2.45) is 5.73 Å². The van der Waals surface area contributed by atoms with Crippen LogP contribution in [0.4, 0.5) is 0 Å². The molecule has 0 amide bonds. The molecule has 0 saturated heterocycles. The van der Waals surface area contributed by atoms with Crippen LogP contribution in [0.25, 0.3) is 0 Å². The lowest BCUT2D eigenvalue weighted by Crippen LogP contribution is -2.15. The van der Waals surface area contributed by atoms with Gasteiger partial charge in [0, 0.05) is 31.1 Å². The summed E-state index contributed by atoms with van der Waals surface area (Å²) < 4.78 is 0. The standard InChI is InChI=1S/C15H19N3/c1-2-3-12-4-6-13(7-5-12)14(10-16)15-11-17-8-9-18-15/h4-9,11,14H,2-3,10,16H2,1H3. The van der Waals surface area contributed by atoms with Crippen LogP contribution in [0.3, 0.4) is 0 Å². The molecule has 0 aliphatic carbocycles. The van der Waals surface area contributed by atoms with Gasteiger partial charge in [-0.15, -0.1) is 0 Å². The summed E-state index contributed by atoms with van der Waals surface area (Å²) in [5.41, 5.74) is 9.38. The molecule has 94 valence electrons. The van der Waals surface area contributed by atoms with Gasteiger partial charge in [-0.1, -0.05) is 37.6 Å². The molecule has 2 aromatic rings. The van der Waals surface area contributed by atoms with Crippen molar-refractivity contribution in [3.63, 3.8) is 0 Å². The zero-order valence-electron chi connectivity index (χ0n) is 10.7. The fraction of sp³-hybridized carbons (Fsp3) is 0.333. The maximum Gasteiger partial charge on any atom is 0.0674 e. The molecule has 1 unspecified atom stereocenters. The van der Waals surface area contributed by atoms with E-state index in [1.54, 1.807) is 18.6 Å². The number of rotatable bonds is 5. The molecule has 0 aliphatic heterocycles. The van der Waals surface area contributed by atoms with Gasteiger partial charge in [-0.2, -0.15) is 0 Å². The van der Waals surface area contributed by atoms with Crippen molar-refractivity contribution in [1.82, 2.24) is 9.97 Å². The number of hydrogen-bond acceptors (Lipinski definition) is 3. The highest BCUT2D eigenvalue weighted by Crippen LogP contribution is 2.21. The topological polar surface area (TPSA) is 51.8 Å². The Bertz CT molecular complexity index is 465. The van der Waals surface area contributed by atoms with Gasteiger partial charge in [0.15, 0.2) is 0 Å². The molecule has 18 heavy (non-hydrogen) atoms. The van der Waals surface area contributed by atoms with Crippen molar-refractivity contribution in [1.29, 1.82) is 0 Å². The molecular weight excluding hydrogens is 222 g/mol. The van der Waals surface area contributed by atoms with E-state index in [4.69, 9.17) is 5.73 Å². The third-order valence-electron chi connectivity index (χ3n) is 3.10. The Morgan fingerprint density at radius 3 is 2.50 bits per heavy atom. The van der Waals surface area contributed by atoms with E-state index in [1.165, 1.54) is 17.5 Å². The summed E-state index contributed by atoms with van der Waals surface area (Å²) in [5, 5.41) is 0. The number of hydrogen-bond donors (Lipinski definition) is 1. The van der Waals surface area contributed by atoms with Crippen molar-refractivity contribution in [2.45, 2.75) is 25.7 Å². The molecular formula is C15H19N3. The normalized spacial score (nSPS) is 12.3. The van der Waals surface area contributed by atoms with Crippen LogP contribution in [0.1, 0.15) is 36.1 Å². The first-order valence-corrected chi connectivity index (χ1v) is 6.40. The molecule has 1 aromatic carbocycles. The van der Waals surface area contributed by atoms with Crippen LogP contribution in [0.5, 0.6) is 0 Å². The minimum absolute atomic E-state index is 0.134. The van der Waals surface area contributed by atoms with Crippen molar-refractivity contribution >= 4 is 0 Å². The maximum absolute atomic E-state index is 5.87. The second kappa shape index (κ2) is 6.26. The lowest BCUT2D eigenvalue weighted by molar-refractivity contribution is 0.778. The highest BCUT2D eigenvalue weighted by molar-refractivity contribution is 5.30. The molecule has 1 aromatic heterocycles. The van der Waals surface area contributed by atoms with E-state index in [9.17, 15) is 0 Å². The van der Waals surface area contributed by atoms with E-state index in [2.05, 4.69) is 41.2 Å². The predicted octanol–water partition coefficient (Wildman–Crippen LogP) is 2.52. The highest BCUT2D eigenvalue weighted by atomic mass is 14.8. The zero-order chi connectivity index (χ0) is 12.8. The fourth-order valence-electron chi connectivity index (χ4n) is 2.12. The Labute approximate surface area is 108 Å². The Hall–Kier alpha value is -1.74. The number of aryl methyl sites for hydroxylation is 1. The smallest absolute Gasteiger partial charge is 0.0674 e. The average Bonchev–Trinajstić information content (AvgIpc) is 2.43. The average molecular weight is 241 g/mol. The van der Waals surface area contributed by atoms with Crippen LogP contribution in [-0.2, 0) is 6.42 Å². The summed E-state index contributed by atoms with van der Waals surface area (Å²) in [5.74, 6) is 0.134. The molecule has 0 spiro atoms. The minimum Gasteiger partial charge on any atom is -0.329 e. The highest BCUT2D eigenvalue weighted by Gasteiger charge is 2.13. The number of benzene rings is 1. The van der Waals surface area contributed by atoms with Gasteiger partial charge < -0.3 is 5.73 Å². The maximum atomic E-state index is 5.87. The van der Waals surface area contributed by atoms with Gasteiger partial charge in [0.2, 0.25) is 0 Å². The third kappa shape index (κ3) is 2.93. The molecule has 2 N–H and O–H groups in total. The summed E-state index contributed by atoms with van der Waals surface area (Å²) in [4.78, 5) is 8.45. The van der Waals surface area contributed by atoms with Gasteiger partial charge in [0.05, 0.1) is 5.69 Å². The summed E-state index contributed by atoms with van der Waals surface area (Å²) in [6.07, 6.45) is 7.48. The molecule has 0 aliphatic rings. The van der Waals surface area contributed by atoms with E-state index in [1.807, 2.05) is 0 Å². The molecule has 0 radical (unpaired) electrons. The first kappa shape index (κ1) is 12.7. The first-order valence-electron chi connectivity index (χ1n) is 6.40. The SMILES string of the molecule is CCCc1ccc(C(CN)c2cnccn2)cc1. The van der Waals surface area contributed by atoms with Crippen molar-refractivity contribution < 1.29 is 0 Å². The largest absolute Gasteiger partial charge is 0.329 e. The number of nitrogens with zero attached hydrogens (tertiary/aromatic N) is 2. The summed E-state index contributed by atoms with van der Waals surface area (Å²) in [6, 6.07) is 8.66. The van der Waals surface area contributed by atoms with Gasteiger partial charge >= 0.3 is 0 Å². The van der Waals surface area contributed by atoms with E-state index < -0.39 is 0 Å². The Morgan fingerprint density at radius 2 is 1.94 bits per heavy atom. The van der Waals surface area contributed by atoms with E-state index in [0.717, 1.165) is 12.1 Å². The van der Waals surface area contributed by atoms with Gasteiger partial charge in [-0.25, -0.2) is 0 Å². The van der Waals surface area contributed by atoms with Crippen molar-refractivity contribution in [2.75, 3.05) is 6.54 Å². The van der Waals surface area contributed by atoms with Crippen LogP contribution < -0.4 is 5.73 Å². The monoisotopic (exact) mass is 241 g/mol. The predicted molar refractivity (Wildman–Crippen MR) is 73.4 cm³/mol. The molecule has 2 rings (SSSR count). The zero-order valence-corrected chi connectivity index (χ0v) is 10.7. The fourth-order valence-corrected chi connectivity index (χ4v) is 2.12. The molecule has 1 heterocycles. The summed E-state index contributed by atoms with van der Waals surface area (Å²) in [6.45, 7) is 2.74. The Kier molecular flexibility index (Phi) is 4.42. The molecule has 3 heteroatoms. The van der Waals surface area contributed by atoms with Gasteiger partial charge in [0.1, 0.15) is 0 Å². The molecule has 0 bridgehead atoms. The van der Waals surface area contributed by atoms with E-state index in [0.29, 0.717) is 6.54 Å².